The lowest BCUT2D eigenvalue weighted by atomic mass is 9.98. The standard InChI is InChI=1S/C14H21N3O3S/c1-10-9-16-13(21-10)11-4-7-17(8-5-11)14(20)15-6-2-3-12(18)19/h9,11H,2-8H2,1H3,(H,15,20)(H,18,19). The number of hydrogen-bond donors (Lipinski definition) is 2. The number of piperidine rings is 1. The minimum atomic E-state index is -0.830. The predicted molar refractivity (Wildman–Crippen MR) is 80.7 cm³/mol. The molecule has 0 unspecified atom stereocenters. The second kappa shape index (κ2) is 7.40. The minimum absolute atomic E-state index is 0.0887. The lowest BCUT2D eigenvalue weighted by Gasteiger charge is -2.31. The third kappa shape index (κ3) is 4.70. The Morgan fingerprint density at radius 3 is 2.76 bits per heavy atom. The number of aryl methyl sites for hydroxylation is 1. The largest absolute Gasteiger partial charge is 0.481 e. The molecule has 2 rings (SSSR count). The number of nitrogens with zero attached hydrogens (tertiary/aromatic N) is 2. The Bertz CT molecular complexity index is 495. The molecule has 7 heteroatoms. The van der Waals surface area contributed by atoms with Gasteiger partial charge in [-0.15, -0.1) is 11.3 Å². The van der Waals surface area contributed by atoms with Crippen LogP contribution in [0.3, 0.4) is 0 Å². The Kier molecular flexibility index (Phi) is 5.55. The number of thiazole rings is 1. The molecule has 1 aliphatic heterocycles. The third-order valence-electron chi connectivity index (χ3n) is 3.61. The monoisotopic (exact) mass is 311 g/mol. The normalized spacial score (nSPS) is 16.0. The summed E-state index contributed by atoms with van der Waals surface area (Å²) in [5.74, 6) is -0.372. The Morgan fingerprint density at radius 1 is 1.48 bits per heavy atom. The molecule has 1 aromatic rings. The second-order valence-electron chi connectivity index (χ2n) is 5.30. The fourth-order valence-corrected chi connectivity index (χ4v) is 3.38. The second-order valence-corrected chi connectivity index (χ2v) is 6.57. The van der Waals surface area contributed by atoms with E-state index < -0.39 is 5.97 Å². The molecule has 21 heavy (non-hydrogen) atoms. The number of rotatable bonds is 5. The average molecular weight is 311 g/mol. The van der Waals surface area contributed by atoms with Crippen LogP contribution in [0.15, 0.2) is 6.20 Å². The van der Waals surface area contributed by atoms with Crippen molar-refractivity contribution < 1.29 is 14.7 Å². The third-order valence-corrected chi connectivity index (χ3v) is 4.69. The van der Waals surface area contributed by atoms with Gasteiger partial charge in [0.15, 0.2) is 0 Å². The van der Waals surface area contributed by atoms with Gasteiger partial charge < -0.3 is 15.3 Å². The summed E-state index contributed by atoms with van der Waals surface area (Å²) in [5, 5.41) is 12.5. The maximum Gasteiger partial charge on any atom is 0.317 e. The summed E-state index contributed by atoms with van der Waals surface area (Å²) >= 11 is 1.74. The lowest BCUT2D eigenvalue weighted by Crippen LogP contribution is -2.44. The first-order valence-electron chi connectivity index (χ1n) is 7.23. The number of urea groups is 1. The molecular formula is C14H21N3O3S. The number of aromatic nitrogens is 1. The molecule has 1 aromatic heterocycles. The highest BCUT2D eigenvalue weighted by atomic mass is 32.1. The molecule has 1 saturated heterocycles. The van der Waals surface area contributed by atoms with E-state index >= 15 is 0 Å². The van der Waals surface area contributed by atoms with Gasteiger partial charge in [-0.3, -0.25) is 4.79 Å². The summed E-state index contributed by atoms with van der Waals surface area (Å²) in [7, 11) is 0. The minimum Gasteiger partial charge on any atom is -0.481 e. The quantitative estimate of drug-likeness (QED) is 0.817. The number of carbonyl (C=O) groups is 2. The Labute approximate surface area is 128 Å². The van der Waals surface area contributed by atoms with Crippen LogP contribution in [0.1, 0.15) is 41.5 Å². The van der Waals surface area contributed by atoms with Crippen LogP contribution >= 0.6 is 11.3 Å². The molecule has 0 spiro atoms. The van der Waals surface area contributed by atoms with Gasteiger partial charge in [-0.2, -0.15) is 0 Å². The van der Waals surface area contributed by atoms with E-state index in [1.807, 2.05) is 6.20 Å². The Hall–Kier alpha value is -1.63. The zero-order valence-corrected chi connectivity index (χ0v) is 13.0. The van der Waals surface area contributed by atoms with Crippen LogP contribution in [-0.4, -0.2) is 46.6 Å². The van der Waals surface area contributed by atoms with E-state index in [9.17, 15) is 9.59 Å². The Morgan fingerprint density at radius 2 is 2.19 bits per heavy atom. The molecule has 0 aromatic carbocycles. The maximum absolute atomic E-state index is 11.9. The van der Waals surface area contributed by atoms with Crippen molar-refractivity contribution in [3.05, 3.63) is 16.1 Å². The fourth-order valence-electron chi connectivity index (χ4n) is 2.44. The van der Waals surface area contributed by atoms with E-state index in [4.69, 9.17) is 5.11 Å². The number of nitrogens with one attached hydrogen (secondary N) is 1. The summed E-state index contributed by atoms with van der Waals surface area (Å²) < 4.78 is 0. The molecule has 0 aliphatic carbocycles. The number of hydrogen-bond acceptors (Lipinski definition) is 4. The first-order chi connectivity index (χ1) is 10.1. The molecule has 2 N–H and O–H groups in total. The summed E-state index contributed by atoms with van der Waals surface area (Å²) in [4.78, 5) is 29.8. The average Bonchev–Trinajstić information content (AvgIpc) is 2.90. The molecule has 0 radical (unpaired) electrons. The van der Waals surface area contributed by atoms with E-state index in [2.05, 4.69) is 17.2 Å². The van der Waals surface area contributed by atoms with Crippen molar-refractivity contribution in [2.45, 2.75) is 38.5 Å². The zero-order valence-electron chi connectivity index (χ0n) is 12.2. The molecule has 2 amide bonds. The lowest BCUT2D eigenvalue weighted by molar-refractivity contribution is -0.137. The molecule has 0 bridgehead atoms. The Balaban J connectivity index is 1.70. The van der Waals surface area contributed by atoms with Crippen molar-refractivity contribution >= 4 is 23.3 Å². The van der Waals surface area contributed by atoms with Crippen LogP contribution in [0.4, 0.5) is 4.79 Å². The van der Waals surface area contributed by atoms with Gasteiger partial charge in [-0.1, -0.05) is 0 Å². The molecule has 116 valence electrons. The van der Waals surface area contributed by atoms with Gasteiger partial charge in [0.05, 0.1) is 5.01 Å². The van der Waals surface area contributed by atoms with E-state index in [-0.39, 0.29) is 12.5 Å². The summed E-state index contributed by atoms with van der Waals surface area (Å²) in [5.41, 5.74) is 0. The van der Waals surface area contributed by atoms with Crippen LogP contribution in [0.25, 0.3) is 0 Å². The van der Waals surface area contributed by atoms with Crippen molar-refractivity contribution in [3.8, 4) is 0 Å². The van der Waals surface area contributed by atoms with Gasteiger partial charge in [-0.05, 0) is 26.2 Å². The van der Waals surface area contributed by atoms with Gasteiger partial charge in [-0.25, -0.2) is 9.78 Å². The number of likely N-dealkylation sites (tertiary alicyclic amines) is 1. The molecule has 0 saturated carbocycles. The number of carboxylic acid groups (broad SMARTS) is 1. The molecule has 1 aliphatic rings. The van der Waals surface area contributed by atoms with Crippen LogP contribution in [0.5, 0.6) is 0 Å². The number of carboxylic acids is 1. The smallest absolute Gasteiger partial charge is 0.317 e. The van der Waals surface area contributed by atoms with E-state index in [1.54, 1.807) is 16.2 Å². The first kappa shape index (κ1) is 15.8. The van der Waals surface area contributed by atoms with Gasteiger partial charge >= 0.3 is 12.0 Å². The number of carbonyl (C=O) groups excluding carboxylic acids is 1. The molecular weight excluding hydrogens is 290 g/mol. The van der Waals surface area contributed by atoms with Crippen molar-refractivity contribution in [2.24, 2.45) is 0 Å². The predicted octanol–water partition coefficient (Wildman–Crippen LogP) is 2.21. The summed E-state index contributed by atoms with van der Waals surface area (Å²) in [6.07, 6.45) is 4.34. The molecule has 0 atom stereocenters. The van der Waals surface area contributed by atoms with Gasteiger partial charge in [0.25, 0.3) is 0 Å². The molecule has 1 fully saturated rings. The van der Waals surface area contributed by atoms with Gasteiger partial charge in [0.2, 0.25) is 0 Å². The van der Waals surface area contributed by atoms with Crippen molar-refractivity contribution in [1.29, 1.82) is 0 Å². The summed E-state index contributed by atoms with van der Waals surface area (Å²) in [6.45, 7) is 3.93. The van der Waals surface area contributed by atoms with Crippen LogP contribution < -0.4 is 5.32 Å². The fraction of sp³-hybridized carbons (Fsp3) is 0.643. The van der Waals surface area contributed by atoms with Crippen molar-refractivity contribution in [3.63, 3.8) is 0 Å². The number of amides is 2. The van der Waals surface area contributed by atoms with E-state index in [0.29, 0.717) is 18.9 Å². The first-order valence-corrected chi connectivity index (χ1v) is 8.05. The van der Waals surface area contributed by atoms with Crippen LogP contribution in [0, 0.1) is 6.92 Å². The van der Waals surface area contributed by atoms with Crippen molar-refractivity contribution in [1.82, 2.24) is 15.2 Å². The maximum atomic E-state index is 11.9. The van der Waals surface area contributed by atoms with Crippen molar-refractivity contribution in [2.75, 3.05) is 19.6 Å². The highest BCUT2D eigenvalue weighted by Gasteiger charge is 2.25. The van der Waals surface area contributed by atoms with Gasteiger partial charge in [0.1, 0.15) is 0 Å². The van der Waals surface area contributed by atoms with Crippen LogP contribution in [0.2, 0.25) is 0 Å². The highest BCUT2D eigenvalue weighted by molar-refractivity contribution is 7.11. The topological polar surface area (TPSA) is 82.5 Å². The molecule has 6 nitrogen and oxygen atoms in total. The summed E-state index contributed by atoms with van der Waals surface area (Å²) in [6, 6.07) is -0.0887. The SMILES string of the molecule is Cc1cnc(C2CCN(C(=O)NCCCC(=O)O)CC2)s1. The van der Waals surface area contributed by atoms with Gasteiger partial charge in [0, 0.05) is 43.0 Å². The number of aliphatic carboxylic acids is 1. The highest BCUT2D eigenvalue weighted by Crippen LogP contribution is 2.30. The van der Waals surface area contributed by atoms with E-state index in [1.165, 1.54) is 9.88 Å². The molecule has 2 heterocycles. The van der Waals surface area contributed by atoms with E-state index in [0.717, 1.165) is 25.9 Å². The zero-order chi connectivity index (χ0) is 15.2. The van der Waals surface area contributed by atoms with Crippen LogP contribution in [-0.2, 0) is 4.79 Å².